The van der Waals surface area contributed by atoms with Crippen LogP contribution >= 0.6 is 23.2 Å². The monoisotopic (exact) mass is 465 g/mol. The molecule has 0 spiro atoms. The van der Waals surface area contributed by atoms with Crippen molar-refractivity contribution in [2.24, 2.45) is 0 Å². The second-order valence-electron chi connectivity index (χ2n) is 7.92. The molecule has 2 N–H and O–H groups in total. The van der Waals surface area contributed by atoms with E-state index in [2.05, 4.69) is 41.1 Å². The molecule has 1 aliphatic rings. The van der Waals surface area contributed by atoms with Crippen LogP contribution in [0.15, 0.2) is 42.5 Å². The third kappa shape index (κ3) is 4.91. The van der Waals surface area contributed by atoms with E-state index in [9.17, 15) is 0 Å². The molecule has 1 heterocycles. The summed E-state index contributed by atoms with van der Waals surface area (Å²) in [5, 5.41) is 1.09. The number of hydrogen-bond donors (Lipinski definition) is 1. The first-order valence-electron chi connectivity index (χ1n) is 10.7. The molecule has 6 heteroatoms. The van der Waals surface area contributed by atoms with E-state index in [1.165, 1.54) is 11.1 Å². The largest absolute Gasteiger partial charge is 0.382 e. The van der Waals surface area contributed by atoms with E-state index in [-0.39, 0.29) is 12.0 Å². The number of rotatable bonds is 5. The minimum Gasteiger partial charge on any atom is -0.382 e. The Kier molecular flexibility index (Phi) is 7.01. The van der Waals surface area contributed by atoms with Crippen LogP contribution in [0.3, 0.4) is 0 Å². The topological polar surface area (TPSA) is 61.0 Å². The molecule has 4 rings (SSSR count). The van der Waals surface area contributed by atoms with Gasteiger partial charge in [0.2, 0.25) is 0 Å². The Bertz CT molecular complexity index is 1170. The summed E-state index contributed by atoms with van der Waals surface area (Å²) in [7, 11) is 0. The Hall–Kier alpha value is -2.58. The molecule has 3 aromatic rings. The third-order valence-corrected chi connectivity index (χ3v) is 6.23. The summed E-state index contributed by atoms with van der Waals surface area (Å²) in [6.45, 7) is 4.35. The third-order valence-electron chi connectivity index (χ3n) is 5.68. The Labute approximate surface area is 199 Å². The van der Waals surface area contributed by atoms with Crippen LogP contribution in [0, 0.1) is 11.8 Å². The van der Waals surface area contributed by atoms with Crippen molar-refractivity contribution in [2.45, 2.75) is 45.1 Å². The number of ether oxygens (including phenoxy) is 1. The van der Waals surface area contributed by atoms with Crippen LogP contribution in [0.5, 0.6) is 0 Å². The number of benzene rings is 2. The highest BCUT2D eigenvalue weighted by molar-refractivity contribution is 6.36. The van der Waals surface area contributed by atoms with Gasteiger partial charge in [0.05, 0.1) is 34.1 Å². The van der Waals surface area contributed by atoms with Gasteiger partial charge in [0.1, 0.15) is 12.4 Å². The molecule has 1 aliphatic carbocycles. The van der Waals surface area contributed by atoms with E-state index in [1.54, 1.807) is 12.1 Å². The first-order chi connectivity index (χ1) is 15.5. The second-order valence-corrected chi connectivity index (χ2v) is 8.76. The standard InChI is InChI=1S/C26H25Cl2N3O/c1-3-23-26(29)31-24(25(30-23)21-11-10-19(27)15-22(21)28)16(2)7-6-12-32-20-13-17-8-4-5-9-18(17)14-20/h4-5,8-11,15-16,20H,3,12-14H2,1-2H3,(H2,29,31). The van der Waals surface area contributed by atoms with Crippen LogP contribution in [0.1, 0.15) is 42.3 Å². The summed E-state index contributed by atoms with van der Waals surface area (Å²) >= 11 is 12.6. The van der Waals surface area contributed by atoms with Crippen LogP contribution in [-0.4, -0.2) is 22.7 Å². The van der Waals surface area contributed by atoms with E-state index in [4.69, 9.17) is 38.7 Å². The smallest absolute Gasteiger partial charge is 0.145 e. The number of nitrogen functional groups attached to an aromatic ring is 1. The van der Waals surface area contributed by atoms with Gasteiger partial charge in [-0.15, -0.1) is 0 Å². The average Bonchev–Trinajstić information content (AvgIpc) is 3.19. The van der Waals surface area contributed by atoms with Crippen LogP contribution in [0.4, 0.5) is 5.82 Å². The predicted octanol–water partition coefficient (Wildman–Crippen LogP) is 5.89. The normalized spacial score (nSPS) is 14.0. The molecule has 4 nitrogen and oxygen atoms in total. The van der Waals surface area contributed by atoms with E-state index in [0.717, 1.165) is 24.1 Å². The van der Waals surface area contributed by atoms with E-state index in [1.807, 2.05) is 19.9 Å². The lowest BCUT2D eigenvalue weighted by Gasteiger charge is -2.15. The molecule has 0 saturated heterocycles. The average molecular weight is 466 g/mol. The highest BCUT2D eigenvalue weighted by atomic mass is 35.5. The first-order valence-corrected chi connectivity index (χ1v) is 11.5. The predicted molar refractivity (Wildman–Crippen MR) is 131 cm³/mol. The summed E-state index contributed by atoms with van der Waals surface area (Å²) in [6, 6.07) is 13.8. The Balaban J connectivity index is 1.52. The number of aryl methyl sites for hydroxylation is 1. The maximum absolute atomic E-state index is 6.47. The van der Waals surface area contributed by atoms with Crippen molar-refractivity contribution in [2.75, 3.05) is 12.3 Å². The molecular weight excluding hydrogens is 441 g/mol. The number of hydrogen-bond acceptors (Lipinski definition) is 4. The molecule has 0 fully saturated rings. The molecule has 0 bridgehead atoms. The molecule has 0 aliphatic heterocycles. The van der Waals surface area contributed by atoms with Crippen LogP contribution in [-0.2, 0) is 24.0 Å². The van der Waals surface area contributed by atoms with Gasteiger partial charge in [-0.2, -0.15) is 0 Å². The quantitative estimate of drug-likeness (QED) is 0.477. The number of anilines is 1. The lowest BCUT2D eigenvalue weighted by molar-refractivity contribution is 0.0863. The van der Waals surface area contributed by atoms with Crippen molar-refractivity contribution in [3.63, 3.8) is 0 Å². The molecule has 0 saturated carbocycles. The summed E-state index contributed by atoms with van der Waals surface area (Å²) < 4.78 is 6.01. The van der Waals surface area contributed by atoms with Crippen molar-refractivity contribution in [1.82, 2.24) is 9.97 Å². The molecule has 164 valence electrons. The second kappa shape index (κ2) is 9.92. The number of fused-ring (bicyclic) bond motifs is 1. The lowest BCUT2D eigenvalue weighted by atomic mass is 10.0. The van der Waals surface area contributed by atoms with Gasteiger partial charge < -0.3 is 10.5 Å². The summed E-state index contributed by atoms with van der Waals surface area (Å²) in [6.07, 6.45) is 2.73. The summed E-state index contributed by atoms with van der Waals surface area (Å²) in [5.74, 6) is 6.63. The lowest BCUT2D eigenvalue weighted by Crippen LogP contribution is -2.13. The minimum atomic E-state index is -0.193. The van der Waals surface area contributed by atoms with Crippen molar-refractivity contribution in [1.29, 1.82) is 0 Å². The fourth-order valence-corrected chi connectivity index (χ4v) is 4.50. The van der Waals surface area contributed by atoms with Gasteiger partial charge in [-0.25, -0.2) is 9.97 Å². The first kappa shape index (κ1) is 22.6. The van der Waals surface area contributed by atoms with Gasteiger partial charge in [-0.05, 0) is 55.5 Å². The van der Waals surface area contributed by atoms with Gasteiger partial charge in [0, 0.05) is 10.6 Å². The van der Waals surface area contributed by atoms with Gasteiger partial charge in [0.15, 0.2) is 0 Å². The molecular formula is C26H25Cl2N3O. The van der Waals surface area contributed by atoms with Crippen LogP contribution in [0.2, 0.25) is 10.0 Å². The SMILES string of the molecule is CCc1nc(-c2ccc(Cl)cc2Cl)c(C(C)C#CCOC2Cc3ccccc3C2)nc1N. The Morgan fingerprint density at radius 3 is 2.50 bits per heavy atom. The molecule has 0 amide bonds. The van der Waals surface area contributed by atoms with Gasteiger partial charge >= 0.3 is 0 Å². The highest BCUT2D eigenvalue weighted by Gasteiger charge is 2.21. The molecule has 32 heavy (non-hydrogen) atoms. The van der Waals surface area contributed by atoms with E-state index >= 15 is 0 Å². The summed E-state index contributed by atoms with van der Waals surface area (Å²) in [4.78, 5) is 9.42. The maximum atomic E-state index is 6.47. The number of nitrogens with zero attached hydrogens (tertiary/aromatic N) is 2. The van der Waals surface area contributed by atoms with Crippen molar-refractivity contribution < 1.29 is 4.74 Å². The zero-order valence-corrected chi connectivity index (χ0v) is 19.7. The maximum Gasteiger partial charge on any atom is 0.145 e. The van der Waals surface area contributed by atoms with Crippen LogP contribution in [0.25, 0.3) is 11.3 Å². The fourth-order valence-electron chi connectivity index (χ4n) is 4.00. The Morgan fingerprint density at radius 2 is 1.84 bits per heavy atom. The number of halogens is 2. The number of aromatic nitrogens is 2. The van der Waals surface area contributed by atoms with Gasteiger partial charge in [0.25, 0.3) is 0 Å². The van der Waals surface area contributed by atoms with Crippen molar-refractivity contribution in [3.8, 4) is 23.1 Å². The van der Waals surface area contributed by atoms with E-state index in [0.29, 0.717) is 40.3 Å². The van der Waals surface area contributed by atoms with Crippen LogP contribution < -0.4 is 5.73 Å². The highest BCUT2D eigenvalue weighted by Crippen LogP contribution is 2.34. The van der Waals surface area contributed by atoms with E-state index < -0.39 is 0 Å². The zero-order valence-electron chi connectivity index (χ0n) is 18.2. The van der Waals surface area contributed by atoms with Crippen molar-refractivity contribution >= 4 is 29.0 Å². The zero-order chi connectivity index (χ0) is 22.7. The molecule has 1 aromatic heterocycles. The van der Waals surface area contributed by atoms with Gasteiger partial charge in [-0.3, -0.25) is 0 Å². The molecule has 1 atom stereocenters. The van der Waals surface area contributed by atoms with Crippen molar-refractivity contribution in [3.05, 3.63) is 75.0 Å². The fraction of sp³-hybridized carbons (Fsp3) is 0.308. The number of nitrogens with two attached hydrogens (primary N) is 1. The summed E-state index contributed by atoms with van der Waals surface area (Å²) in [5.41, 5.74) is 11.8. The molecule has 1 unspecified atom stereocenters. The molecule has 0 radical (unpaired) electrons. The molecule has 2 aromatic carbocycles. The minimum absolute atomic E-state index is 0.180. The van der Waals surface area contributed by atoms with Gasteiger partial charge in [-0.1, -0.05) is 66.2 Å². The Morgan fingerprint density at radius 1 is 1.12 bits per heavy atom.